The van der Waals surface area contributed by atoms with E-state index in [4.69, 9.17) is 9.15 Å². The zero-order chi connectivity index (χ0) is 13.8. The normalized spacial score (nSPS) is 12.6. The van der Waals surface area contributed by atoms with Gasteiger partial charge in [0.05, 0.1) is 6.61 Å². The Morgan fingerprint density at radius 3 is 2.89 bits per heavy atom. The van der Waals surface area contributed by atoms with Gasteiger partial charge in [0.1, 0.15) is 5.25 Å². The Balaban J connectivity index is 2.17. The van der Waals surface area contributed by atoms with E-state index in [2.05, 4.69) is 9.97 Å². The number of ether oxygens (including phenoxy) is 1. The molecule has 0 aliphatic carbocycles. The number of fused-ring (bicyclic) bond motifs is 1. The van der Waals surface area contributed by atoms with Crippen LogP contribution in [-0.2, 0) is 9.53 Å². The van der Waals surface area contributed by atoms with E-state index in [9.17, 15) is 4.79 Å². The molecule has 0 N–H and O–H groups in total. The first kappa shape index (κ1) is 13.9. The molecule has 19 heavy (non-hydrogen) atoms. The summed E-state index contributed by atoms with van der Waals surface area (Å²) in [6.45, 7) is 6.00. The Bertz CT molecular complexity index is 582. The Morgan fingerprint density at radius 2 is 2.21 bits per heavy atom. The highest BCUT2D eigenvalue weighted by molar-refractivity contribution is 8.00. The summed E-state index contributed by atoms with van der Waals surface area (Å²) in [5.41, 5.74) is 2.09. The van der Waals surface area contributed by atoms with Gasteiger partial charge in [0, 0.05) is 5.69 Å². The molecule has 0 amide bonds. The molecule has 0 spiro atoms. The van der Waals surface area contributed by atoms with Crippen LogP contribution in [0.3, 0.4) is 0 Å². The lowest BCUT2D eigenvalue weighted by Gasteiger charge is -2.10. The molecule has 0 bridgehead atoms. The summed E-state index contributed by atoms with van der Waals surface area (Å²) in [5.74, 6) is -0.235. The number of pyridine rings is 1. The highest BCUT2D eigenvalue weighted by atomic mass is 32.2. The number of thioether (sulfide) groups is 1. The van der Waals surface area contributed by atoms with Crippen LogP contribution in [0.5, 0.6) is 0 Å². The van der Waals surface area contributed by atoms with Crippen LogP contribution >= 0.6 is 11.8 Å². The van der Waals surface area contributed by atoms with E-state index in [0.29, 0.717) is 29.5 Å². The molecule has 1 atom stereocenters. The predicted octanol–water partition coefficient (Wildman–Crippen LogP) is 2.97. The van der Waals surface area contributed by atoms with Gasteiger partial charge in [-0.05, 0) is 32.4 Å². The van der Waals surface area contributed by atoms with Gasteiger partial charge >= 0.3 is 5.97 Å². The van der Waals surface area contributed by atoms with Gasteiger partial charge in [-0.1, -0.05) is 18.7 Å². The number of carbonyl (C=O) groups excluding carboxylic acids is 1. The number of oxazole rings is 1. The van der Waals surface area contributed by atoms with Crippen molar-refractivity contribution < 1.29 is 13.9 Å². The van der Waals surface area contributed by atoms with Crippen LogP contribution in [-0.4, -0.2) is 27.8 Å². The fourth-order valence-corrected chi connectivity index (χ4v) is 2.45. The van der Waals surface area contributed by atoms with E-state index in [1.54, 1.807) is 6.92 Å². The maximum atomic E-state index is 11.7. The van der Waals surface area contributed by atoms with Crippen LogP contribution in [0.2, 0.25) is 0 Å². The van der Waals surface area contributed by atoms with Gasteiger partial charge < -0.3 is 9.15 Å². The third-order valence-electron chi connectivity index (χ3n) is 2.54. The number of carbonyl (C=O) groups is 1. The van der Waals surface area contributed by atoms with Crippen LogP contribution in [0.15, 0.2) is 21.8 Å². The van der Waals surface area contributed by atoms with E-state index in [1.807, 2.05) is 26.0 Å². The number of hydrogen-bond acceptors (Lipinski definition) is 6. The number of hydrogen-bond donors (Lipinski definition) is 0. The molecule has 0 aliphatic rings. The maximum absolute atomic E-state index is 11.7. The molecular formula is C13H16N2O3S. The fourth-order valence-electron chi connectivity index (χ4n) is 1.60. The van der Waals surface area contributed by atoms with Crippen molar-refractivity contribution in [3.8, 4) is 0 Å². The average molecular weight is 280 g/mol. The predicted molar refractivity (Wildman–Crippen MR) is 73.1 cm³/mol. The molecule has 5 nitrogen and oxygen atoms in total. The van der Waals surface area contributed by atoms with Crippen molar-refractivity contribution in [2.24, 2.45) is 0 Å². The quantitative estimate of drug-likeness (QED) is 0.619. The molecule has 1 unspecified atom stereocenters. The number of rotatable bonds is 5. The largest absolute Gasteiger partial charge is 0.465 e. The smallest absolute Gasteiger partial charge is 0.319 e. The first-order valence-corrected chi connectivity index (χ1v) is 7.09. The number of esters is 1. The van der Waals surface area contributed by atoms with Crippen LogP contribution in [0, 0.1) is 6.92 Å². The Kier molecular flexibility index (Phi) is 4.42. The van der Waals surface area contributed by atoms with Crippen LogP contribution in [0.4, 0.5) is 0 Å². The monoisotopic (exact) mass is 280 g/mol. The first-order chi connectivity index (χ1) is 9.13. The van der Waals surface area contributed by atoms with Gasteiger partial charge in [0.25, 0.3) is 5.22 Å². The van der Waals surface area contributed by atoms with Crippen molar-refractivity contribution >= 4 is 29.0 Å². The third kappa shape index (κ3) is 3.26. The van der Waals surface area contributed by atoms with Crippen LogP contribution in [0.25, 0.3) is 11.2 Å². The second kappa shape index (κ2) is 6.06. The van der Waals surface area contributed by atoms with Crippen molar-refractivity contribution in [3.63, 3.8) is 0 Å². The summed E-state index contributed by atoms with van der Waals surface area (Å²) in [4.78, 5) is 20.3. The number of aromatic nitrogens is 2. The molecule has 102 valence electrons. The van der Waals surface area contributed by atoms with Crippen molar-refractivity contribution in [2.45, 2.75) is 37.7 Å². The summed E-state index contributed by atoms with van der Waals surface area (Å²) in [6, 6.07) is 3.70. The summed E-state index contributed by atoms with van der Waals surface area (Å²) >= 11 is 1.28. The molecule has 2 rings (SSSR count). The molecule has 0 radical (unpaired) electrons. The summed E-state index contributed by atoms with van der Waals surface area (Å²) in [6.07, 6.45) is 0.661. The zero-order valence-electron chi connectivity index (χ0n) is 11.2. The minimum Gasteiger partial charge on any atom is -0.465 e. The molecule has 0 saturated heterocycles. The van der Waals surface area contributed by atoms with Gasteiger partial charge in [-0.25, -0.2) is 4.98 Å². The zero-order valence-corrected chi connectivity index (χ0v) is 12.0. The van der Waals surface area contributed by atoms with Gasteiger partial charge in [-0.15, -0.1) is 0 Å². The molecule has 6 heteroatoms. The molecule has 0 aliphatic heterocycles. The molecule has 0 saturated carbocycles. The Labute approximate surface area is 115 Å². The third-order valence-corrected chi connectivity index (χ3v) is 3.72. The van der Waals surface area contributed by atoms with Gasteiger partial charge in [0.2, 0.25) is 0 Å². The Hall–Kier alpha value is -1.56. The SMILES string of the molecule is CCOC(=O)C(CC)Sc1nc2nc(C)ccc2o1. The second-order valence-corrected chi connectivity index (χ2v) is 5.17. The minimum absolute atomic E-state index is 0.235. The summed E-state index contributed by atoms with van der Waals surface area (Å²) < 4.78 is 10.6. The van der Waals surface area contributed by atoms with Gasteiger partial charge in [0.15, 0.2) is 11.2 Å². The van der Waals surface area contributed by atoms with Crippen molar-refractivity contribution in [1.82, 2.24) is 9.97 Å². The number of nitrogens with zero attached hydrogens (tertiary/aromatic N) is 2. The maximum Gasteiger partial charge on any atom is 0.319 e. The van der Waals surface area contributed by atoms with E-state index in [0.717, 1.165) is 5.69 Å². The lowest BCUT2D eigenvalue weighted by molar-refractivity contribution is -0.142. The lowest BCUT2D eigenvalue weighted by atomic mass is 10.3. The summed E-state index contributed by atoms with van der Waals surface area (Å²) in [5, 5.41) is 0.155. The molecule has 2 aromatic rings. The fraction of sp³-hybridized carbons (Fsp3) is 0.462. The first-order valence-electron chi connectivity index (χ1n) is 6.21. The van der Waals surface area contributed by atoms with Crippen LogP contribution in [0.1, 0.15) is 26.0 Å². The minimum atomic E-state index is -0.297. The van der Waals surface area contributed by atoms with Gasteiger partial charge in [-0.3, -0.25) is 4.79 Å². The highest BCUT2D eigenvalue weighted by Gasteiger charge is 2.22. The Morgan fingerprint density at radius 1 is 1.42 bits per heavy atom. The second-order valence-electron chi connectivity index (χ2n) is 4.02. The molecule has 0 fully saturated rings. The van der Waals surface area contributed by atoms with Gasteiger partial charge in [-0.2, -0.15) is 4.98 Å². The number of aryl methyl sites for hydroxylation is 1. The van der Waals surface area contributed by atoms with Crippen molar-refractivity contribution in [3.05, 3.63) is 17.8 Å². The average Bonchev–Trinajstić information content (AvgIpc) is 2.77. The van der Waals surface area contributed by atoms with E-state index < -0.39 is 0 Å². The van der Waals surface area contributed by atoms with Crippen LogP contribution < -0.4 is 0 Å². The molecule has 0 aromatic carbocycles. The highest BCUT2D eigenvalue weighted by Crippen LogP contribution is 2.28. The molecule has 2 heterocycles. The van der Waals surface area contributed by atoms with Crippen molar-refractivity contribution in [1.29, 1.82) is 0 Å². The lowest BCUT2D eigenvalue weighted by Crippen LogP contribution is -2.19. The topological polar surface area (TPSA) is 65.2 Å². The summed E-state index contributed by atoms with van der Waals surface area (Å²) in [7, 11) is 0. The van der Waals surface area contributed by atoms with E-state index >= 15 is 0 Å². The van der Waals surface area contributed by atoms with E-state index in [-0.39, 0.29) is 11.2 Å². The molecule has 2 aromatic heterocycles. The van der Waals surface area contributed by atoms with E-state index in [1.165, 1.54) is 11.8 Å². The molecular weight excluding hydrogens is 264 g/mol. The standard InChI is InChI=1S/C13H16N2O3S/c1-4-10(12(16)17-5-2)19-13-15-11-9(18-13)7-6-8(3)14-11/h6-7,10H,4-5H2,1-3H3. The van der Waals surface area contributed by atoms with Crippen molar-refractivity contribution in [2.75, 3.05) is 6.61 Å².